The molecule has 2 N–H and O–H groups in total. The van der Waals surface area contributed by atoms with E-state index < -0.39 is 5.97 Å². The minimum atomic E-state index is -0.511. The Morgan fingerprint density at radius 3 is 2.88 bits per heavy atom. The summed E-state index contributed by atoms with van der Waals surface area (Å²) in [6.07, 6.45) is 0. The number of para-hydroxylation sites is 1. The zero-order valence-corrected chi connectivity index (χ0v) is 9.15. The first-order chi connectivity index (χ1) is 7.63. The summed E-state index contributed by atoms with van der Waals surface area (Å²) >= 11 is 0. The average molecular weight is 216 g/mol. The number of esters is 1. The highest BCUT2D eigenvalue weighted by molar-refractivity contribution is 5.97. The highest BCUT2D eigenvalue weighted by atomic mass is 16.5. The Labute approximate surface area is 93.0 Å². The number of fused-ring (bicyclic) bond motifs is 1. The van der Waals surface area contributed by atoms with E-state index in [0.717, 1.165) is 16.5 Å². The monoisotopic (exact) mass is 216 g/mol. The minimum Gasteiger partial charge on any atom is -0.464 e. The molecule has 0 fully saturated rings. The van der Waals surface area contributed by atoms with Crippen molar-refractivity contribution in [1.29, 1.82) is 0 Å². The number of hydrogen-bond donors (Lipinski definition) is 1. The van der Waals surface area contributed by atoms with E-state index in [0.29, 0.717) is 5.69 Å². The van der Waals surface area contributed by atoms with Crippen molar-refractivity contribution in [2.75, 3.05) is 12.8 Å². The third kappa shape index (κ3) is 1.58. The highest BCUT2D eigenvalue weighted by Crippen LogP contribution is 2.21. The van der Waals surface area contributed by atoms with Crippen molar-refractivity contribution in [3.8, 4) is 0 Å². The predicted octanol–water partition coefficient (Wildman–Crippen LogP) is 1.91. The Hall–Kier alpha value is -2.10. The van der Waals surface area contributed by atoms with Crippen molar-refractivity contribution in [3.63, 3.8) is 0 Å². The van der Waals surface area contributed by atoms with E-state index in [9.17, 15) is 4.79 Å². The van der Waals surface area contributed by atoms with Crippen molar-refractivity contribution in [2.24, 2.45) is 0 Å². The molecule has 0 bridgehead atoms. The first-order valence-corrected chi connectivity index (χ1v) is 4.87. The zero-order chi connectivity index (χ0) is 11.7. The molecular formula is C12H12N2O2. The van der Waals surface area contributed by atoms with E-state index in [2.05, 4.69) is 9.72 Å². The fraction of sp³-hybridized carbons (Fsp3) is 0.167. The number of aryl methyl sites for hydroxylation is 1. The molecule has 0 radical (unpaired) electrons. The summed E-state index contributed by atoms with van der Waals surface area (Å²) in [4.78, 5) is 15.7. The molecule has 4 nitrogen and oxygen atoms in total. The molecule has 0 spiro atoms. The second kappa shape index (κ2) is 3.81. The van der Waals surface area contributed by atoms with Gasteiger partial charge in [-0.1, -0.05) is 18.2 Å². The lowest BCUT2D eigenvalue weighted by Crippen LogP contribution is -2.08. The van der Waals surface area contributed by atoms with Crippen molar-refractivity contribution < 1.29 is 9.53 Å². The largest absolute Gasteiger partial charge is 0.464 e. The Morgan fingerprint density at radius 1 is 1.44 bits per heavy atom. The number of nitrogens with two attached hydrogens (primary N) is 1. The number of pyridine rings is 1. The summed E-state index contributed by atoms with van der Waals surface area (Å²) in [6.45, 7) is 1.94. The van der Waals surface area contributed by atoms with Crippen LogP contribution in [-0.4, -0.2) is 18.1 Å². The summed E-state index contributed by atoms with van der Waals surface area (Å²) in [5.41, 5.74) is 8.04. The number of rotatable bonds is 1. The number of benzene rings is 1. The quantitative estimate of drug-likeness (QED) is 0.739. The van der Waals surface area contributed by atoms with Crippen LogP contribution in [0.5, 0.6) is 0 Å². The zero-order valence-electron chi connectivity index (χ0n) is 9.15. The second-order valence-electron chi connectivity index (χ2n) is 3.56. The standard InChI is InChI=1S/C12H12N2O2/c1-7-4-3-5-8-6-9(13)11(12(15)16-2)14-10(7)8/h3-6H,13H2,1-2H3. The molecule has 2 rings (SSSR count). The van der Waals surface area contributed by atoms with Crippen LogP contribution in [0.3, 0.4) is 0 Å². The van der Waals surface area contributed by atoms with Crippen molar-refractivity contribution in [1.82, 2.24) is 4.98 Å². The average Bonchev–Trinajstić information content (AvgIpc) is 2.28. The van der Waals surface area contributed by atoms with Crippen molar-refractivity contribution in [3.05, 3.63) is 35.5 Å². The second-order valence-corrected chi connectivity index (χ2v) is 3.56. The molecule has 82 valence electrons. The summed E-state index contributed by atoms with van der Waals surface area (Å²) in [7, 11) is 1.31. The van der Waals surface area contributed by atoms with Gasteiger partial charge in [-0.3, -0.25) is 0 Å². The Balaban J connectivity index is 2.74. The molecule has 0 saturated heterocycles. The van der Waals surface area contributed by atoms with Crippen molar-refractivity contribution >= 4 is 22.6 Å². The predicted molar refractivity (Wildman–Crippen MR) is 62.2 cm³/mol. The van der Waals surface area contributed by atoms with Crippen LogP contribution in [-0.2, 0) is 4.74 Å². The van der Waals surface area contributed by atoms with Crippen LogP contribution in [0.25, 0.3) is 10.9 Å². The molecule has 0 aliphatic heterocycles. The molecule has 0 unspecified atom stereocenters. The first-order valence-electron chi connectivity index (χ1n) is 4.87. The van der Waals surface area contributed by atoms with Crippen LogP contribution in [0.2, 0.25) is 0 Å². The fourth-order valence-corrected chi connectivity index (χ4v) is 1.62. The van der Waals surface area contributed by atoms with Gasteiger partial charge in [0.15, 0.2) is 5.69 Å². The van der Waals surface area contributed by atoms with E-state index >= 15 is 0 Å². The number of methoxy groups -OCH3 is 1. The smallest absolute Gasteiger partial charge is 0.358 e. The van der Waals surface area contributed by atoms with Crippen LogP contribution in [0.1, 0.15) is 16.1 Å². The van der Waals surface area contributed by atoms with Gasteiger partial charge in [0.05, 0.1) is 18.3 Å². The molecule has 0 aliphatic rings. The normalized spacial score (nSPS) is 10.4. The van der Waals surface area contributed by atoms with Gasteiger partial charge in [0.25, 0.3) is 0 Å². The third-order valence-electron chi connectivity index (χ3n) is 2.46. The molecule has 2 aromatic rings. The van der Waals surface area contributed by atoms with Crippen LogP contribution in [0, 0.1) is 6.92 Å². The van der Waals surface area contributed by atoms with Gasteiger partial charge in [-0.15, -0.1) is 0 Å². The molecule has 1 aromatic carbocycles. The van der Waals surface area contributed by atoms with Crippen molar-refractivity contribution in [2.45, 2.75) is 6.92 Å². The van der Waals surface area contributed by atoms with Gasteiger partial charge in [-0.25, -0.2) is 9.78 Å². The molecule has 0 saturated carbocycles. The molecule has 1 heterocycles. The number of aromatic nitrogens is 1. The van der Waals surface area contributed by atoms with Gasteiger partial charge in [-0.2, -0.15) is 0 Å². The topological polar surface area (TPSA) is 65.2 Å². The number of anilines is 1. The highest BCUT2D eigenvalue weighted by Gasteiger charge is 2.13. The summed E-state index contributed by atoms with van der Waals surface area (Å²) in [5, 5.41) is 0.921. The SMILES string of the molecule is COC(=O)c1nc2c(C)cccc2cc1N. The Morgan fingerprint density at radius 2 is 2.19 bits per heavy atom. The molecular weight excluding hydrogens is 204 g/mol. The molecule has 0 aliphatic carbocycles. The van der Waals surface area contributed by atoms with Crippen LogP contribution >= 0.6 is 0 Å². The number of carbonyl (C=O) groups is 1. The van der Waals surface area contributed by atoms with Gasteiger partial charge in [0.1, 0.15) is 0 Å². The van der Waals surface area contributed by atoms with Crippen LogP contribution < -0.4 is 5.73 Å². The third-order valence-corrected chi connectivity index (χ3v) is 2.46. The van der Waals surface area contributed by atoms with Gasteiger partial charge < -0.3 is 10.5 Å². The molecule has 4 heteroatoms. The molecule has 0 amide bonds. The number of ether oxygens (including phenoxy) is 1. The number of hydrogen-bond acceptors (Lipinski definition) is 4. The number of carbonyl (C=O) groups excluding carboxylic acids is 1. The van der Waals surface area contributed by atoms with Gasteiger partial charge >= 0.3 is 5.97 Å². The van der Waals surface area contributed by atoms with Gasteiger partial charge in [-0.05, 0) is 18.6 Å². The van der Waals surface area contributed by atoms with E-state index in [1.807, 2.05) is 25.1 Å². The Bertz CT molecular complexity index is 564. The van der Waals surface area contributed by atoms with E-state index in [1.165, 1.54) is 7.11 Å². The van der Waals surface area contributed by atoms with E-state index in [1.54, 1.807) is 6.07 Å². The number of nitrogen functional groups attached to an aromatic ring is 1. The molecule has 1 aromatic heterocycles. The van der Waals surface area contributed by atoms with E-state index in [-0.39, 0.29) is 5.69 Å². The maximum absolute atomic E-state index is 11.4. The lowest BCUT2D eigenvalue weighted by molar-refractivity contribution is 0.0596. The summed E-state index contributed by atoms with van der Waals surface area (Å²) in [6, 6.07) is 7.51. The first kappa shape index (κ1) is 10.4. The number of nitrogens with zero attached hydrogens (tertiary/aromatic N) is 1. The van der Waals surface area contributed by atoms with Gasteiger partial charge in [0, 0.05) is 5.39 Å². The molecule has 0 atom stereocenters. The maximum atomic E-state index is 11.4. The summed E-state index contributed by atoms with van der Waals surface area (Å²) in [5.74, 6) is -0.511. The van der Waals surface area contributed by atoms with Gasteiger partial charge in [0.2, 0.25) is 0 Å². The lowest BCUT2D eigenvalue weighted by atomic mass is 10.1. The maximum Gasteiger partial charge on any atom is 0.358 e. The fourth-order valence-electron chi connectivity index (χ4n) is 1.62. The van der Waals surface area contributed by atoms with Crippen LogP contribution in [0.4, 0.5) is 5.69 Å². The van der Waals surface area contributed by atoms with Crippen LogP contribution in [0.15, 0.2) is 24.3 Å². The lowest BCUT2D eigenvalue weighted by Gasteiger charge is -2.06. The molecule has 16 heavy (non-hydrogen) atoms. The summed E-state index contributed by atoms with van der Waals surface area (Å²) < 4.78 is 4.62. The Kier molecular flexibility index (Phi) is 2.48. The van der Waals surface area contributed by atoms with E-state index in [4.69, 9.17) is 5.73 Å². The minimum absolute atomic E-state index is 0.171.